The van der Waals surface area contributed by atoms with Crippen LogP contribution in [0, 0.1) is 0 Å². The van der Waals surface area contributed by atoms with E-state index in [0.29, 0.717) is 11.6 Å². The van der Waals surface area contributed by atoms with Gasteiger partial charge in [0, 0.05) is 15.5 Å². The minimum atomic E-state index is 0.305. The SMILES string of the molecule is CSc1cccc(Cl)c1CN=C=O. The number of thioether (sulfide) groups is 1. The molecule has 0 N–H and O–H groups in total. The predicted octanol–water partition coefficient (Wildman–Crippen LogP) is 2.90. The van der Waals surface area contributed by atoms with Gasteiger partial charge in [-0.2, -0.15) is 0 Å². The summed E-state index contributed by atoms with van der Waals surface area (Å²) in [6, 6.07) is 5.62. The molecule has 0 spiro atoms. The van der Waals surface area contributed by atoms with Crippen LogP contribution in [-0.2, 0) is 11.3 Å². The van der Waals surface area contributed by atoms with Gasteiger partial charge in [-0.1, -0.05) is 17.7 Å². The van der Waals surface area contributed by atoms with Gasteiger partial charge >= 0.3 is 0 Å². The van der Waals surface area contributed by atoms with Crippen molar-refractivity contribution in [3.8, 4) is 0 Å². The number of hydrogen-bond donors (Lipinski definition) is 0. The first-order valence-electron chi connectivity index (χ1n) is 3.64. The average molecular weight is 214 g/mol. The van der Waals surface area contributed by atoms with Crippen LogP contribution in [0.1, 0.15) is 5.56 Å². The maximum Gasteiger partial charge on any atom is 0.235 e. The van der Waals surface area contributed by atoms with E-state index in [9.17, 15) is 4.79 Å². The Balaban J connectivity index is 3.06. The Hall–Kier alpha value is -0.760. The lowest BCUT2D eigenvalue weighted by Gasteiger charge is -2.05. The number of rotatable bonds is 3. The second-order valence-corrected chi connectivity index (χ2v) is 3.58. The molecule has 1 rings (SSSR count). The molecule has 13 heavy (non-hydrogen) atoms. The van der Waals surface area contributed by atoms with Crippen LogP contribution < -0.4 is 0 Å². The zero-order valence-corrected chi connectivity index (χ0v) is 8.65. The van der Waals surface area contributed by atoms with Crippen LogP contribution in [-0.4, -0.2) is 12.3 Å². The summed E-state index contributed by atoms with van der Waals surface area (Å²) in [5.74, 6) is 0. The molecule has 68 valence electrons. The van der Waals surface area contributed by atoms with Gasteiger partial charge in [-0.3, -0.25) is 0 Å². The molecule has 2 nitrogen and oxygen atoms in total. The normalized spacial score (nSPS) is 9.38. The number of halogens is 1. The van der Waals surface area contributed by atoms with Gasteiger partial charge in [-0.25, -0.2) is 9.79 Å². The molecule has 0 aliphatic carbocycles. The summed E-state index contributed by atoms with van der Waals surface area (Å²) in [7, 11) is 0. The van der Waals surface area contributed by atoms with Gasteiger partial charge in [0.1, 0.15) is 0 Å². The molecule has 0 saturated heterocycles. The minimum Gasteiger partial charge on any atom is -0.211 e. The lowest BCUT2D eigenvalue weighted by molar-refractivity contribution is 0.562. The molecule has 0 atom stereocenters. The zero-order chi connectivity index (χ0) is 9.68. The van der Waals surface area contributed by atoms with Crippen molar-refractivity contribution in [3.05, 3.63) is 28.8 Å². The second-order valence-electron chi connectivity index (χ2n) is 2.33. The summed E-state index contributed by atoms with van der Waals surface area (Å²) in [5.41, 5.74) is 0.889. The Morgan fingerprint density at radius 1 is 1.62 bits per heavy atom. The number of carbonyl (C=O) groups excluding carboxylic acids is 1. The van der Waals surface area contributed by atoms with Crippen molar-refractivity contribution >= 4 is 29.4 Å². The molecule has 0 saturated carbocycles. The van der Waals surface area contributed by atoms with Crippen molar-refractivity contribution < 1.29 is 4.79 Å². The molecule has 0 heterocycles. The van der Waals surface area contributed by atoms with Crippen LogP contribution in [0.15, 0.2) is 28.1 Å². The van der Waals surface area contributed by atoms with Gasteiger partial charge in [0.25, 0.3) is 0 Å². The van der Waals surface area contributed by atoms with Crippen LogP contribution >= 0.6 is 23.4 Å². The molecule has 0 radical (unpaired) electrons. The van der Waals surface area contributed by atoms with E-state index in [-0.39, 0.29) is 0 Å². The highest BCUT2D eigenvalue weighted by Crippen LogP contribution is 2.27. The second kappa shape index (κ2) is 5.07. The van der Waals surface area contributed by atoms with E-state index in [1.54, 1.807) is 17.8 Å². The Morgan fingerprint density at radius 3 is 3.00 bits per heavy atom. The topological polar surface area (TPSA) is 29.4 Å². The lowest BCUT2D eigenvalue weighted by atomic mass is 10.2. The Bertz CT molecular complexity index is 347. The largest absolute Gasteiger partial charge is 0.235 e. The average Bonchev–Trinajstić information content (AvgIpc) is 2.15. The Labute approximate surface area is 86.0 Å². The molecule has 0 bridgehead atoms. The molecular formula is C9H8ClNOS. The summed E-state index contributed by atoms with van der Waals surface area (Å²) in [4.78, 5) is 14.5. The van der Waals surface area contributed by atoms with Crippen LogP contribution in [0.2, 0.25) is 5.02 Å². The molecule has 1 aromatic rings. The highest BCUT2D eigenvalue weighted by Gasteiger charge is 2.04. The van der Waals surface area contributed by atoms with Gasteiger partial charge in [-0.05, 0) is 18.4 Å². The number of aliphatic imine (C=N–C) groups is 1. The molecule has 4 heteroatoms. The fourth-order valence-electron chi connectivity index (χ4n) is 0.995. The quantitative estimate of drug-likeness (QED) is 0.439. The molecule has 1 aromatic carbocycles. The van der Waals surface area contributed by atoms with Gasteiger partial charge in [-0.15, -0.1) is 11.8 Å². The van der Waals surface area contributed by atoms with E-state index in [4.69, 9.17) is 11.6 Å². The van der Waals surface area contributed by atoms with Crippen LogP contribution in [0.25, 0.3) is 0 Å². The third-order valence-electron chi connectivity index (χ3n) is 1.60. The first-order valence-corrected chi connectivity index (χ1v) is 5.25. The number of hydrogen-bond acceptors (Lipinski definition) is 3. The van der Waals surface area contributed by atoms with Crippen molar-refractivity contribution in [1.29, 1.82) is 0 Å². The first-order chi connectivity index (χ1) is 6.29. The number of nitrogens with zero attached hydrogens (tertiary/aromatic N) is 1. The molecule has 0 aliphatic heterocycles. The Morgan fingerprint density at radius 2 is 2.38 bits per heavy atom. The summed E-state index contributed by atoms with van der Waals surface area (Å²) in [5, 5.41) is 0.644. The monoisotopic (exact) mass is 213 g/mol. The fraction of sp³-hybridized carbons (Fsp3) is 0.222. The standard InChI is InChI=1S/C9H8ClNOS/c1-13-9-4-2-3-8(10)7(9)5-11-6-12/h2-4H,5H2,1H3. The van der Waals surface area contributed by atoms with Gasteiger partial charge in [0.05, 0.1) is 6.54 Å². The van der Waals surface area contributed by atoms with Crippen LogP contribution in [0.4, 0.5) is 0 Å². The maximum absolute atomic E-state index is 9.95. The van der Waals surface area contributed by atoms with Crippen molar-refractivity contribution in [2.45, 2.75) is 11.4 Å². The smallest absolute Gasteiger partial charge is 0.211 e. The third kappa shape index (κ3) is 2.59. The zero-order valence-electron chi connectivity index (χ0n) is 7.08. The van der Waals surface area contributed by atoms with E-state index < -0.39 is 0 Å². The lowest BCUT2D eigenvalue weighted by Crippen LogP contribution is -1.86. The third-order valence-corrected chi connectivity index (χ3v) is 2.77. The van der Waals surface area contributed by atoms with E-state index >= 15 is 0 Å². The van der Waals surface area contributed by atoms with E-state index in [0.717, 1.165) is 10.5 Å². The molecular weight excluding hydrogens is 206 g/mol. The van der Waals surface area contributed by atoms with Crippen molar-refractivity contribution in [2.24, 2.45) is 4.99 Å². The molecule has 0 unspecified atom stereocenters. The van der Waals surface area contributed by atoms with E-state index in [1.807, 2.05) is 18.4 Å². The number of isocyanates is 1. The summed E-state index contributed by atoms with van der Waals surface area (Å²) in [6.45, 7) is 0.305. The summed E-state index contributed by atoms with van der Waals surface area (Å²) >= 11 is 7.53. The summed E-state index contributed by atoms with van der Waals surface area (Å²) in [6.07, 6.45) is 3.46. The van der Waals surface area contributed by atoms with Crippen LogP contribution in [0.5, 0.6) is 0 Å². The maximum atomic E-state index is 9.95. The molecule has 0 fully saturated rings. The van der Waals surface area contributed by atoms with Crippen molar-refractivity contribution in [2.75, 3.05) is 6.26 Å². The highest BCUT2D eigenvalue weighted by molar-refractivity contribution is 7.98. The Kier molecular flexibility index (Phi) is 4.03. The molecule has 0 aromatic heterocycles. The van der Waals surface area contributed by atoms with Gasteiger partial charge in [0.15, 0.2) is 0 Å². The van der Waals surface area contributed by atoms with Crippen molar-refractivity contribution in [3.63, 3.8) is 0 Å². The fourth-order valence-corrected chi connectivity index (χ4v) is 1.92. The van der Waals surface area contributed by atoms with Crippen LogP contribution in [0.3, 0.4) is 0 Å². The van der Waals surface area contributed by atoms with E-state index in [2.05, 4.69) is 4.99 Å². The predicted molar refractivity (Wildman–Crippen MR) is 55.1 cm³/mol. The van der Waals surface area contributed by atoms with Gasteiger partial charge < -0.3 is 0 Å². The molecule has 0 aliphatic rings. The first kappa shape index (κ1) is 10.3. The molecule has 0 amide bonds. The van der Waals surface area contributed by atoms with Crippen molar-refractivity contribution in [1.82, 2.24) is 0 Å². The summed E-state index contributed by atoms with van der Waals surface area (Å²) < 4.78 is 0. The van der Waals surface area contributed by atoms with E-state index in [1.165, 1.54) is 6.08 Å². The highest BCUT2D eigenvalue weighted by atomic mass is 35.5. The number of benzene rings is 1. The van der Waals surface area contributed by atoms with Gasteiger partial charge in [0.2, 0.25) is 6.08 Å². The minimum absolute atomic E-state index is 0.305.